The van der Waals surface area contributed by atoms with Gasteiger partial charge in [0.1, 0.15) is 16.1 Å². The number of benzene rings is 1. The molecule has 0 aliphatic rings. The van der Waals surface area contributed by atoms with E-state index < -0.39 is 10.7 Å². The van der Waals surface area contributed by atoms with Gasteiger partial charge in [0.15, 0.2) is 0 Å². The van der Waals surface area contributed by atoms with Crippen LogP contribution in [0, 0.1) is 15.9 Å². The van der Waals surface area contributed by atoms with E-state index in [-0.39, 0.29) is 17.9 Å². The molecule has 0 bridgehead atoms. The van der Waals surface area contributed by atoms with Crippen molar-refractivity contribution in [2.24, 2.45) is 0 Å². The lowest BCUT2D eigenvalue weighted by molar-refractivity contribution is -0.384. The molecule has 7 heteroatoms. The molecule has 0 aliphatic carbocycles. The lowest BCUT2D eigenvalue weighted by Crippen LogP contribution is -2.04. The highest BCUT2D eigenvalue weighted by Crippen LogP contribution is 2.25. The maximum absolute atomic E-state index is 13.1. The van der Waals surface area contributed by atoms with Crippen LogP contribution in [0.2, 0.25) is 0 Å². The molecule has 0 saturated heterocycles. The molecule has 1 N–H and O–H groups in total. The van der Waals surface area contributed by atoms with Crippen LogP contribution in [0.1, 0.15) is 5.69 Å². The van der Waals surface area contributed by atoms with Gasteiger partial charge < -0.3 is 5.32 Å². The summed E-state index contributed by atoms with van der Waals surface area (Å²) in [6, 6.07) is 8.62. The average Bonchev–Trinajstić information content (AvgIpc) is 2.36. The van der Waals surface area contributed by atoms with Gasteiger partial charge in [0.05, 0.1) is 17.2 Å². The van der Waals surface area contributed by atoms with Crippen molar-refractivity contribution in [1.82, 2.24) is 4.98 Å². The van der Waals surface area contributed by atoms with Crippen LogP contribution >= 0.6 is 15.9 Å². The van der Waals surface area contributed by atoms with Crippen molar-refractivity contribution in [3.63, 3.8) is 0 Å². The zero-order valence-corrected chi connectivity index (χ0v) is 11.2. The van der Waals surface area contributed by atoms with Crippen LogP contribution < -0.4 is 5.32 Å². The zero-order chi connectivity index (χ0) is 13.8. The molecule has 0 saturated carbocycles. The molecule has 98 valence electrons. The molecule has 2 rings (SSSR count). The first kappa shape index (κ1) is 13.4. The van der Waals surface area contributed by atoms with E-state index in [4.69, 9.17) is 0 Å². The van der Waals surface area contributed by atoms with E-state index in [9.17, 15) is 14.5 Å². The molecular formula is C12H9BrFN3O2. The van der Waals surface area contributed by atoms with Crippen molar-refractivity contribution in [3.8, 4) is 0 Å². The Hall–Kier alpha value is -2.02. The molecule has 0 radical (unpaired) electrons. The first-order valence-electron chi connectivity index (χ1n) is 5.35. The normalized spacial score (nSPS) is 10.2. The number of nitrogens with one attached hydrogen (secondary N) is 1. The molecule has 1 aromatic carbocycles. The first-order valence-corrected chi connectivity index (χ1v) is 6.15. The van der Waals surface area contributed by atoms with Gasteiger partial charge in [-0.15, -0.1) is 0 Å². The smallest absolute Gasteiger partial charge is 0.292 e. The summed E-state index contributed by atoms with van der Waals surface area (Å²) in [6.07, 6.45) is 0. The van der Waals surface area contributed by atoms with E-state index in [1.165, 1.54) is 0 Å². The van der Waals surface area contributed by atoms with Crippen LogP contribution in [0.4, 0.5) is 15.8 Å². The molecule has 1 heterocycles. The standard InChI is InChI=1S/C12H9BrFN3O2/c13-12-3-1-2-9(16-12)7-15-10-6-8(14)4-5-11(10)17(18)19/h1-6,15H,7H2. The molecule has 0 spiro atoms. The van der Waals surface area contributed by atoms with E-state index in [0.29, 0.717) is 10.3 Å². The largest absolute Gasteiger partial charge is 0.374 e. The number of hydrogen-bond acceptors (Lipinski definition) is 4. The first-order chi connectivity index (χ1) is 9.06. The van der Waals surface area contributed by atoms with Crippen molar-refractivity contribution in [3.05, 3.63) is 62.6 Å². The second-order valence-corrected chi connectivity index (χ2v) is 4.54. The maximum atomic E-state index is 13.1. The second kappa shape index (κ2) is 5.75. The van der Waals surface area contributed by atoms with Gasteiger partial charge >= 0.3 is 0 Å². The van der Waals surface area contributed by atoms with Crippen molar-refractivity contribution < 1.29 is 9.31 Å². The van der Waals surface area contributed by atoms with E-state index in [1.807, 2.05) is 0 Å². The number of pyridine rings is 1. The number of halogens is 2. The third-order valence-corrected chi connectivity index (χ3v) is 2.83. The zero-order valence-electron chi connectivity index (χ0n) is 9.64. The van der Waals surface area contributed by atoms with E-state index >= 15 is 0 Å². The molecular weight excluding hydrogens is 317 g/mol. The van der Waals surface area contributed by atoms with Gasteiger partial charge in [0.2, 0.25) is 0 Å². The molecule has 0 atom stereocenters. The summed E-state index contributed by atoms with van der Waals surface area (Å²) in [5.41, 5.74) is 0.649. The van der Waals surface area contributed by atoms with Crippen LogP contribution in [0.5, 0.6) is 0 Å². The van der Waals surface area contributed by atoms with Crippen LogP contribution in [-0.4, -0.2) is 9.91 Å². The SMILES string of the molecule is O=[N+]([O-])c1ccc(F)cc1NCc1cccc(Br)n1. The third kappa shape index (κ3) is 3.47. The summed E-state index contributed by atoms with van der Waals surface area (Å²) >= 11 is 3.23. The van der Waals surface area contributed by atoms with Crippen LogP contribution in [0.15, 0.2) is 41.0 Å². The van der Waals surface area contributed by atoms with Gasteiger partial charge in [-0.3, -0.25) is 10.1 Å². The predicted molar refractivity (Wildman–Crippen MR) is 72.3 cm³/mol. The summed E-state index contributed by atoms with van der Waals surface area (Å²) in [5, 5.41) is 13.6. The van der Waals surface area contributed by atoms with E-state index in [1.54, 1.807) is 18.2 Å². The fourth-order valence-electron chi connectivity index (χ4n) is 1.54. The fraction of sp³-hybridized carbons (Fsp3) is 0.0833. The second-order valence-electron chi connectivity index (χ2n) is 3.72. The summed E-state index contributed by atoms with van der Waals surface area (Å²) in [4.78, 5) is 14.4. The summed E-state index contributed by atoms with van der Waals surface area (Å²) < 4.78 is 13.8. The Labute approximate surface area is 116 Å². The molecule has 19 heavy (non-hydrogen) atoms. The molecule has 5 nitrogen and oxygen atoms in total. The molecule has 2 aromatic rings. The predicted octanol–water partition coefficient (Wildman–Crippen LogP) is 3.50. The highest BCUT2D eigenvalue weighted by Gasteiger charge is 2.14. The van der Waals surface area contributed by atoms with Gasteiger partial charge in [0.25, 0.3) is 5.69 Å². The maximum Gasteiger partial charge on any atom is 0.292 e. The minimum absolute atomic E-state index is 0.131. The Balaban J connectivity index is 2.19. The minimum atomic E-state index is -0.559. The Morgan fingerprint density at radius 2 is 2.16 bits per heavy atom. The minimum Gasteiger partial charge on any atom is -0.374 e. The Morgan fingerprint density at radius 3 is 2.84 bits per heavy atom. The number of rotatable bonds is 4. The van der Waals surface area contributed by atoms with Crippen molar-refractivity contribution in [2.75, 3.05) is 5.32 Å². The number of nitrogens with zero attached hydrogens (tertiary/aromatic N) is 2. The Kier molecular flexibility index (Phi) is 4.06. The number of hydrogen-bond donors (Lipinski definition) is 1. The lowest BCUT2D eigenvalue weighted by atomic mass is 10.2. The van der Waals surface area contributed by atoms with Crippen LogP contribution in [0.25, 0.3) is 0 Å². The molecule has 0 unspecified atom stereocenters. The number of nitro benzene ring substituents is 1. The molecule has 0 fully saturated rings. The van der Waals surface area contributed by atoms with Crippen LogP contribution in [-0.2, 0) is 6.54 Å². The quantitative estimate of drug-likeness (QED) is 0.530. The van der Waals surface area contributed by atoms with E-state index in [2.05, 4.69) is 26.2 Å². The third-order valence-electron chi connectivity index (χ3n) is 2.39. The number of aromatic nitrogens is 1. The average molecular weight is 326 g/mol. The van der Waals surface area contributed by atoms with Gasteiger partial charge in [-0.1, -0.05) is 6.07 Å². The molecule has 1 aromatic heterocycles. The summed E-state index contributed by atoms with van der Waals surface area (Å²) in [7, 11) is 0. The number of anilines is 1. The van der Waals surface area contributed by atoms with Gasteiger partial charge in [-0.05, 0) is 34.1 Å². The highest BCUT2D eigenvalue weighted by molar-refractivity contribution is 9.10. The Morgan fingerprint density at radius 1 is 1.37 bits per heavy atom. The summed E-state index contributed by atoms with van der Waals surface area (Å²) in [5.74, 6) is -0.532. The van der Waals surface area contributed by atoms with Gasteiger partial charge in [-0.25, -0.2) is 9.37 Å². The fourth-order valence-corrected chi connectivity index (χ4v) is 1.92. The van der Waals surface area contributed by atoms with Gasteiger partial charge in [-0.2, -0.15) is 0 Å². The monoisotopic (exact) mass is 325 g/mol. The molecule has 0 aliphatic heterocycles. The van der Waals surface area contributed by atoms with Gasteiger partial charge in [0, 0.05) is 12.1 Å². The summed E-state index contributed by atoms with van der Waals surface area (Å²) in [6.45, 7) is 0.268. The van der Waals surface area contributed by atoms with E-state index in [0.717, 1.165) is 18.2 Å². The topological polar surface area (TPSA) is 68.1 Å². The number of nitro groups is 1. The highest BCUT2D eigenvalue weighted by atomic mass is 79.9. The lowest BCUT2D eigenvalue weighted by Gasteiger charge is -2.07. The molecule has 0 amide bonds. The van der Waals surface area contributed by atoms with Crippen LogP contribution in [0.3, 0.4) is 0 Å². The van der Waals surface area contributed by atoms with Crippen molar-refractivity contribution in [1.29, 1.82) is 0 Å². The van der Waals surface area contributed by atoms with Crippen molar-refractivity contribution >= 4 is 27.3 Å². The van der Waals surface area contributed by atoms with Crippen molar-refractivity contribution in [2.45, 2.75) is 6.54 Å². The Bertz CT molecular complexity index is 622.